The minimum atomic E-state index is -0.449. The average molecular weight is 472 g/mol. The monoisotopic (exact) mass is 471 g/mol. The summed E-state index contributed by atoms with van der Waals surface area (Å²) in [6.07, 6.45) is 2.09. The summed E-state index contributed by atoms with van der Waals surface area (Å²) in [6, 6.07) is 6.19. The predicted octanol–water partition coefficient (Wildman–Crippen LogP) is -0.142. The number of carbonyl (C=O) groups excluding carboxylic acids is 3. The van der Waals surface area contributed by atoms with E-state index in [1.54, 1.807) is 47.9 Å². The number of likely N-dealkylation sites (tertiary alicyclic amines) is 1. The smallest absolute Gasteiger partial charge is 0.317 e. The highest BCUT2D eigenvalue weighted by Crippen LogP contribution is 2.18. The molecule has 2 aromatic rings. The van der Waals surface area contributed by atoms with E-state index < -0.39 is 12.1 Å². The third-order valence-corrected chi connectivity index (χ3v) is 5.66. The maximum atomic E-state index is 13.0. The molecule has 4 amide bonds. The van der Waals surface area contributed by atoms with Crippen LogP contribution < -0.4 is 15.4 Å². The number of fused-ring (bicyclic) bond motifs is 5. The quantitative estimate of drug-likeness (QED) is 0.623. The maximum Gasteiger partial charge on any atom is 0.317 e. The van der Waals surface area contributed by atoms with Gasteiger partial charge in [0.15, 0.2) is 0 Å². The van der Waals surface area contributed by atoms with Crippen molar-refractivity contribution in [2.75, 3.05) is 40.3 Å². The lowest BCUT2D eigenvalue weighted by Crippen LogP contribution is -2.45. The molecule has 0 radical (unpaired) electrons. The van der Waals surface area contributed by atoms with Crippen molar-refractivity contribution in [3.8, 4) is 5.75 Å². The highest BCUT2D eigenvalue weighted by molar-refractivity contribution is 5.95. The molecule has 1 aromatic carbocycles. The van der Waals surface area contributed by atoms with Crippen LogP contribution in [-0.4, -0.2) is 95.1 Å². The molecule has 2 N–H and O–H groups in total. The van der Waals surface area contributed by atoms with Gasteiger partial charge in [0.25, 0.3) is 5.91 Å². The summed E-state index contributed by atoms with van der Waals surface area (Å²) >= 11 is 0. The molecule has 12 nitrogen and oxygen atoms in total. The second-order valence-electron chi connectivity index (χ2n) is 8.48. The van der Waals surface area contributed by atoms with Gasteiger partial charge in [-0.25, -0.2) is 4.79 Å². The van der Waals surface area contributed by atoms with Gasteiger partial charge in [-0.3, -0.25) is 14.3 Å². The molecular weight excluding hydrogens is 442 g/mol. The Kier molecular flexibility index (Phi) is 7.26. The molecule has 1 fully saturated rings. The first-order chi connectivity index (χ1) is 16.4. The Morgan fingerprint density at radius 2 is 2.15 bits per heavy atom. The molecule has 12 heteroatoms. The number of hydrogen-bond acceptors (Lipinski definition) is 7. The van der Waals surface area contributed by atoms with Gasteiger partial charge in [-0.15, -0.1) is 5.10 Å². The van der Waals surface area contributed by atoms with Gasteiger partial charge in [0.05, 0.1) is 38.1 Å². The van der Waals surface area contributed by atoms with Gasteiger partial charge in [0, 0.05) is 45.7 Å². The van der Waals surface area contributed by atoms with E-state index >= 15 is 0 Å². The Bertz CT molecular complexity index is 1040. The van der Waals surface area contributed by atoms with E-state index in [9.17, 15) is 14.4 Å². The van der Waals surface area contributed by atoms with Crippen LogP contribution in [0.1, 0.15) is 22.5 Å². The molecule has 1 aromatic heterocycles. The fraction of sp³-hybridized carbons (Fsp3) is 0.500. The fourth-order valence-corrected chi connectivity index (χ4v) is 3.81. The normalized spacial score (nSPS) is 20.6. The summed E-state index contributed by atoms with van der Waals surface area (Å²) in [6.45, 7) is 1.71. The number of hydrogen-bond donors (Lipinski definition) is 2. The van der Waals surface area contributed by atoms with Gasteiger partial charge in [0.2, 0.25) is 5.91 Å². The second kappa shape index (κ2) is 10.5. The number of nitrogens with one attached hydrogen (secondary N) is 2. The lowest BCUT2D eigenvalue weighted by Gasteiger charge is -2.20. The van der Waals surface area contributed by atoms with Gasteiger partial charge in [-0.2, -0.15) is 0 Å². The van der Waals surface area contributed by atoms with E-state index in [2.05, 4.69) is 20.9 Å². The molecule has 2 aliphatic rings. The van der Waals surface area contributed by atoms with E-state index in [1.165, 1.54) is 4.90 Å². The van der Waals surface area contributed by atoms with Gasteiger partial charge in [-0.05, 0) is 18.2 Å². The number of nitrogens with zero attached hydrogens (tertiary/aromatic N) is 5. The molecule has 4 rings (SSSR count). The van der Waals surface area contributed by atoms with Crippen LogP contribution in [0.25, 0.3) is 0 Å². The summed E-state index contributed by atoms with van der Waals surface area (Å²) in [5.74, 6) is 0.0664. The molecule has 34 heavy (non-hydrogen) atoms. The van der Waals surface area contributed by atoms with Crippen LogP contribution >= 0.6 is 0 Å². The third-order valence-electron chi connectivity index (χ3n) is 5.66. The van der Waals surface area contributed by atoms with Crippen LogP contribution in [0.3, 0.4) is 0 Å². The minimum absolute atomic E-state index is 0.141. The van der Waals surface area contributed by atoms with E-state index in [0.29, 0.717) is 30.2 Å². The SMILES string of the molecule is CN(C)C(=O)NCC(=O)N1C[C@@H]2NC(=O)c3cccc(c3)OCCCn3cc(nn3)CO[C@H]2C1. The topological polar surface area (TPSA) is 131 Å². The number of ether oxygens (including phenoxy) is 2. The highest BCUT2D eigenvalue weighted by atomic mass is 16.5. The zero-order valence-electron chi connectivity index (χ0n) is 19.3. The first-order valence-electron chi connectivity index (χ1n) is 11.2. The van der Waals surface area contributed by atoms with Gasteiger partial charge >= 0.3 is 6.03 Å². The van der Waals surface area contributed by atoms with Crippen LogP contribution in [0, 0.1) is 0 Å². The average Bonchev–Trinajstić information content (AvgIpc) is 3.45. The number of rotatable bonds is 2. The van der Waals surface area contributed by atoms with E-state index in [1.807, 2.05) is 6.20 Å². The summed E-state index contributed by atoms with van der Waals surface area (Å²) in [5, 5.41) is 13.8. The van der Waals surface area contributed by atoms with Crippen LogP contribution in [0.4, 0.5) is 4.79 Å². The number of aromatic nitrogens is 3. The van der Waals surface area contributed by atoms with Crippen molar-refractivity contribution in [2.45, 2.75) is 31.7 Å². The number of benzene rings is 1. The maximum absolute atomic E-state index is 13.0. The zero-order valence-corrected chi connectivity index (χ0v) is 19.3. The van der Waals surface area contributed by atoms with Crippen LogP contribution in [0.2, 0.25) is 0 Å². The Morgan fingerprint density at radius 1 is 1.29 bits per heavy atom. The third kappa shape index (κ3) is 5.81. The molecule has 0 spiro atoms. The Balaban J connectivity index is 1.50. The number of urea groups is 1. The summed E-state index contributed by atoms with van der Waals surface area (Å²) in [5.41, 5.74) is 1.12. The van der Waals surface area contributed by atoms with E-state index in [0.717, 1.165) is 6.42 Å². The van der Waals surface area contributed by atoms with Crippen molar-refractivity contribution >= 4 is 17.8 Å². The molecular formula is C22H29N7O5. The first kappa shape index (κ1) is 23.5. The van der Waals surface area contributed by atoms with E-state index in [4.69, 9.17) is 9.47 Å². The van der Waals surface area contributed by atoms with Crippen LogP contribution in [0.5, 0.6) is 5.75 Å². The lowest BCUT2D eigenvalue weighted by molar-refractivity contribution is -0.129. The van der Waals surface area contributed by atoms with Gasteiger partial charge in [-0.1, -0.05) is 11.3 Å². The molecule has 182 valence electrons. The first-order valence-corrected chi connectivity index (χ1v) is 11.2. The van der Waals surface area contributed by atoms with Gasteiger partial charge in [0.1, 0.15) is 11.4 Å². The number of carbonyl (C=O) groups is 3. The fourth-order valence-electron chi connectivity index (χ4n) is 3.81. The van der Waals surface area contributed by atoms with Crippen molar-refractivity contribution in [3.05, 3.63) is 41.7 Å². The van der Waals surface area contributed by atoms with Crippen LogP contribution in [0.15, 0.2) is 30.5 Å². The molecule has 1 saturated heterocycles. The molecule has 2 atom stereocenters. The summed E-state index contributed by atoms with van der Waals surface area (Å²) < 4.78 is 13.6. The highest BCUT2D eigenvalue weighted by Gasteiger charge is 2.37. The Hall–Kier alpha value is -3.67. The van der Waals surface area contributed by atoms with Gasteiger partial charge < -0.3 is 29.9 Å². The zero-order chi connectivity index (χ0) is 24.1. The lowest BCUT2D eigenvalue weighted by atomic mass is 10.1. The number of amides is 4. The van der Waals surface area contributed by atoms with Crippen molar-refractivity contribution in [2.24, 2.45) is 0 Å². The standard InChI is InChI=1S/C22H29N7O5/c1-27(2)22(32)23-10-20(30)28-12-18-19(13-28)34-14-16-11-29(26-25-16)7-4-8-33-17-6-3-5-15(9-17)21(31)24-18/h3,5-6,9,11,18-19H,4,7-8,10,12-14H2,1-2H3,(H,23,32)(H,24,31)/t18-,19-/m0/s1. The van der Waals surface area contributed by atoms with Crippen LogP contribution in [-0.2, 0) is 22.7 Å². The molecule has 0 unspecified atom stereocenters. The largest absolute Gasteiger partial charge is 0.494 e. The molecule has 0 saturated carbocycles. The van der Waals surface area contributed by atoms with Crippen molar-refractivity contribution in [1.29, 1.82) is 0 Å². The molecule has 2 aliphatic heterocycles. The minimum Gasteiger partial charge on any atom is -0.494 e. The Morgan fingerprint density at radius 3 is 2.97 bits per heavy atom. The summed E-state index contributed by atoms with van der Waals surface area (Å²) in [7, 11) is 3.20. The second-order valence-corrected chi connectivity index (χ2v) is 8.48. The number of aryl methyl sites for hydroxylation is 1. The molecule has 0 aliphatic carbocycles. The van der Waals surface area contributed by atoms with E-state index in [-0.39, 0.29) is 44.1 Å². The molecule has 3 heterocycles. The molecule has 4 bridgehead atoms. The van der Waals surface area contributed by atoms with Crippen molar-refractivity contribution in [3.63, 3.8) is 0 Å². The van der Waals surface area contributed by atoms with Crippen molar-refractivity contribution in [1.82, 2.24) is 35.4 Å². The predicted molar refractivity (Wildman–Crippen MR) is 120 cm³/mol. The van der Waals surface area contributed by atoms with Crippen molar-refractivity contribution < 1.29 is 23.9 Å². The Labute approximate surface area is 197 Å². The summed E-state index contributed by atoms with van der Waals surface area (Å²) in [4.78, 5) is 40.4.